The van der Waals surface area contributed by atoms with Crippen molar-refractivity contribution in [2.75, 3.05) is 18.1 Å². The third-order valence-electron chi connectivity index (χ3n) is 5.27. The fourth-order valence-electron chi connectivity index (χ4n) is 3.89. The Bertz CT molecular complexity index is 1160. The summed E-state index contributed by atoms with van der Waals surface area (Å²) in [6, 6.07) is 22.2. The smallest absolute Gasteiger partial charge is 0.229 e. The minimum atomic E-state index is 0.107. The molecule has 0 radical (unpaired) electrons. The minimum Gasteiger partial charge on any atom is -0.493 e. The molecule has 5 rings (SSSR count). The fraction of sp³-hybridized carbons (Fsp3) is 0.217. The monoisotopic (exact) mass is 371 g/mol. The van der Waals surface area contributed by atoms with E-state index >= 15 is 0 Å². The Balaban J connectivity index is 1.22. The molecule has 0 atom stereocenters. The Morgan fingerprint density at radius 1 is 0.964 bits per heavy atom. The van der Waals surface area contributed by atoms with Gasteiger partial charge in [-0.2, -0.15) is 0 Å². The van der Waals surface area contributed by atoms with Gasteiger partial charge in [0.05, 0.1) is 17.6 Å². The summed E-state index contributed by atoms with van der Waals surface area (Å²) in [5.74, 6) is 1.74. The number of ether oxygens (including phenoxy) is 1. The van der Waals surface area contributed by atoms with Crippen LogP contribution in [0.25, 0.3) is 21.8 Å². The average molecular weight is 371 g/mol. The third-order valence-corrected chi connectivity index (χ3v) is 5.27. The van der Waals surface area contributed by atoms with Gasteiger partial charge in [-0.1, -0.05) is 48.5 Å². The zero-order valence-corrected chi connectivity index (χ0v) is 15.5. The SMILES string of the molecule is O=C(CCCOc1cccc2ccccc12)N1CCn2c1nc1ccccc12. The summed E-state index contributed by atoms with van der Waals surface area (Å²) in [6.07, 6.45) is 1.13. The van der Waals surface area contributed by atoms with Crippen LogP contribution in [0.5, 0.6) is 5.75 Å². The highest BCUT2D eigenvalue weighted by atomic mass is 16.5. The molecule has 2 heterocycles. The van der Waals surface area contributed by atoms with E-state index < -0.39 is 0 Å². The summed E-state index contributed by atoms with van der Waals surface area (Å²) in [4.78, 5) is 19.2. The zero-order chi connectivity index (χ0) is 18.9. The van der Waals surface area contributed by atoms with E-state index in [0.717, 1.165) is 40.0 Å². The molecule has 0 saturated heterocycles. The van der Waals surface area contributed by atoms with Crippen LogP contribution in [0.1, 0.15) is 12.8 Å². The van der Waals surface area contributed by atoms with Crippen LogP contribution < -0.4 is 9.64 Å². The molecule has 0 spiro atoms. The molecule has 3 aromatic carbocycles. The van der Waals surface area contributed by atoms with Crippen LogP contribution in [-0.4, -0.2) is 28.6 Å². The second kappa shape index (κ2) is 7.00. The lowest BCUT2D eigenvalue weighted by molar-refractivity contribution is -0.118. The number of imidazole rings is 1. The molecule has 5 nitrogen and oxygen atoms in total. The van der Waals surface area contributed by atoms with E-state index in [1.807, 2.05) is 42.5 Å². The first-order chi connectivity index (χ1) is 13.8. The number of fused-ring (bicyclic) bond motifs is 4. The molecule has 5 heteroatoms. The van der Waals surface area contributed by atoms with Crippen molar-refractivity contribution in [2.45, 2.75) is 19.4 Å². The van der Waals surface area contributed by atoms with Gasteiger partial charge in [0.15, 0.2) is 0 Å². The number of para-hydroxylation sites is 2. The molecule has 140 valence electrons. The van der Waals surface area contributed by atoms with E-state index in [-0.39, 0.29) is 5.91 Å². The molecule has 0 N–H and O–H groups in total. The first kappa shape index (κ1) is 16.8. The maximum absolute atomic E-state index is 12.7. The topological polar surface area (TPSA) is 47.4 Å². The second-order valence-corrected chi connectivity index (χ2v) is 7.03. The highest BCUT2D eigenvalue weighted by Crippen LogP contribution is 2.28. The quantitative estimate of drug-likeness (QED) is 0.489. The number of benzene rings is 3. The van der Waals surface area contributed by atoms with Crippen molar-refractivity contribution >= 4 is 33.7 Å². The molecule has 1 aliphatic heterocycles. The molecule has 1 aromatic heterocycles. The van der Waals surface area contributed by atoms with Gasteiger partial charge in [-0.3, -0.25) is 9.69 Å². The zero-order valence-electron chi connectivity index (χ0n) is 15.5. The molecular weight excluding hydrogens is 350 g/mol. The highest BCUT2D eigenvalue weighted by molar-refractivity contribution is 5.95. The maximum atomic E-state index is 12.7. The summed E-state index contributed by atoms with van der Waals surface area (Å²) in [5.41, 5.74) is 2.03. The highest BCUT2D eigenvalue weighted by Gasteiger charge is 2.27. The molecule has 0 fully saturated rings. The number of hydrogen-bond donors (Lipinski definition) is 0. The second-order valence-electron chi connectivity index (χ2n) is 7.03. The van der Waals surface area contributed by atoms with Gasteiger partial charge in [0.25, 0.3) is 0 Å². The number of rotatable bonds is 5. The van der Waals surface area contributed by atoms with E-state index in [1.54, 1.807) is 4.90 Å². The van der Waals surface area contributed by atoms with Crippen molar-refractivity contribution in [1.29, 1.82) is 0 Å². The number of carbonyl (C=O) groups excluding carboxylic acids is 1. The lowest BCUT2D eigenvalue weighted by Crippen LogP contribution is -2.29. The number of hydrogen-bond acceptors (Lipinski definition) is 3. The van der Waals surface area contributed by atoms with Gasteiger partial charge in [-0.05, 0) is 30.0 Å². The predicted octanol–water partition coefficient (Wildman–Crippen LogP) is 4.40. The predicted molar refractivity (Wildman–Crippen MR) is 111 cm³/mol. The summed E-state index contributed by atoms with van der Waals surface area (Å²) in [5, 5.41) is 2.26. The van der Waals surface area contributed by atoms with Crippen LogP contribution in [0.3, 0.4) is 0 Å². The average Bonchev–Trinajstić information content (AvgIpc) is 3.30. The Labute approximate surface area is 163 Å². The normalized spacial score (nSPS) is 13.2. The van der Waals surface area contributed by atoms with Crippen LogP contribution >= 0.6 is 0 Å². The van der Waals surface area contributed by atoms with Crippen LogP contribution in [0.4, 0.5) is 5.95 Å². The molecular formula is C23H21N3O2. The number of nitrogens with zero attached hydrogens (tertiary/aromatic N) is 3. The Morgan fingerprint density at radius 2 is 1.79 bits per heavy atom. The standard InChI is InChI=1S/C23H21N3O2/c27-22(26-15-14-25-20-11-4-3-10-19(20)24-23(25)26)13-6-16-28-21-12-5-8-17-7-1-2-9-18(17)21/h1-5,7-12H,6,13-16H2. The number of anilines is 1. The molecule has 1 aliphatic rings. The molecule has 0 saturated carbocycles. The Kier molecular flexibility index (Phi) is 4.20. The first-order valence-electron chi connectivity index (χ1n) is 9.67. The molecule has 28 heavy (non-hydrogen) atoms. The lowest BCUT2D eigenvalue weighted by Gasteiger charge is -2.14. The number of carbonyl (C=O) groups is 1. The summed E-state index contributed by atoms with van der Waals surface area (Å²) in [7, 11) is 0. The van der Waals surface area contributed by atoms with Crippen molar-refractivity contribution < 1.29 is 9.53 Å². The fourth-order valence-corrected chi connectivity index (χ4v) is 3.89. The maximum Gasteiger partial charge on any atom is 0.229 e. The van der Waals surface area contributed by atoms with Gasteiger partial charge in [0, 0.05) is 24.9 Å². The molecule has 0 bridgehead atoms. The molecule has 4 aromatic rings. The van der Waals surface area contributed by atoms with Crippen molar-refractivity contribution in [3.05, 3.63) is 66.7 Å². The van der Waals surface area contributed by atoms with Gasteiger partial charge in [-0.25, -0.2) is 4.98 Å². The Hall–Kier alpha value is -3.34. The summed E-state index contributed by atoms with van der Waals surface area (Å²) in [6.45, 7) is 2.01. The van der Waals surface area contributed by atoms with Gasteiger partial charge < -0.3 is 9.30 Å². The first-order valence-corrected chi connectivity index (χ1v) is 9.67. The van der Waals surface area contributed by atoms with E-state index in [1.165, 1.54) is 0 Å². The minimum absolute atomic E-state index is 0.107. The van der Waals surface area contributed by atoms with Crippen LogP contribution in [0.2, 0.25) is 0 Å². The van der Waals surface area contributed by atoms with E-state index in [9.17, 15) is 4.79 Å². The lowest BCUT2D eigenvalue weighted by atomic mass is 10.1. The van der Waals surface area contributed by atoms with Crippen molar-refractivity contribution in [3.8, 4) is 5.75 Å². The largest absolute Gasteiger partial charge is 0.493 e. The van der Waals surface area contributed by atoms with E-state index in [4.69, 9.17) is 4.74 Å². The molecule has 0 aliphatic carbocycles. The molecule has 1 amide bonds. The van der Waals surface area contributed by atoms with Crippen LogP contribution in [-0.2, 0) is 11.3 Å². The van der Waals surface area contributed by atoms with Gasteiger partial charge in [0.1, 0.15) is 5.75 Å². The third kappa shape index (κ3) is 2.89. The van der Waals surface area contributed by atoms with Crippen LogP contribution in [0.15, 0.2) is 66.7 Å². The van der Waals surface area contributed by atoms with Gasteiger partial charge in [-0.15, -0.1) is 0 Å². The number of aromatic nitrogens is 2. The van der Waals surface area contributed by atoms with E-state index in [0.29, 0.717) is 26.0 Å². The van der Waals surface area contributed by atoms with Crippen LogP contribution in [0, 0.1) is 0 Å². The van der Waals surface area contributed by atoms with Crippen molar-refractivity contribution in [2.24, 2.45) is 0 Å². The molecule has 0 unspecified atom stereocenters. The van der Waals surface area contributed by atoms with E-state index in [2.05, 4.69) is 33.8 Å². The van der Waals surface area contributed by atoms with Crippen molar-refractivity contribution in [1.82, 2.24) is 9.55 Å². The summed E-state index contributed by atoms with van der Waals surface area (Å²) < 4.78 is 8.08. The van der Waals surface area contributed by atoms with Gasteiger partial charge >= 0.3 is 0 Å². The summed E-state index contributed by atoms with van der Waals surface area (Å²) >= 11 is 0. The number of amides is 1. The Morgan fingerprint density at radius 3 is 2.75 bits per heavy atom. The van der Waals surface area contributed by atoms with Crippen molar-refractivity contribution in [3.63, 3.8) is 0 Å². The van der Waals surface area contributed by atoms with Gasteiger partial charge in [0.2, 0.25) is 11.9 Å².